The molecule has 0 unspecified atom stereocenters. The normalized spacial score (nSPS) is 10.3. The number of benzene rings is 1. The van der Waals surface area contributed by atoms with Gasteiger partial charge in [-0.1, -0.05) is 12.1 Å². The van der Waals surface area contributed by atoms with Crippen molar-refractivity contribution >= 4 is 29.6 Å². The van der Waals surface area contributed by atoms with E-state index in [9.17, 15) is 14.4 Å². The number of hydrogen-bond donors (Lipinski definition) is 2. The fraction of sp³-hybridized carbons (Fsp3) is 0.267. The number of esters is 1. The first kappa shape index (κ1) is 16.4. The van der Waals surface area contributed by atoms with Crippen molar-refractivity contribution in [2.75, 3.05) is 11.9 Å². The molecule has 0 bridgehead atoms. The fourth-order valence-corrected chi connectivity index (χ4v) is 1.52. The Balaban J connectivity index is 2.46. The van der Waals surface area contributed by atoms with Gasteiger partial charge in [-0.2, -0.15) is 0 Å². The van der Waals surface area contributed by atoms with Crippen LogP contribution in [0.4, 0.5) is 5.69 Å². The number of carboxylic acid groups (broad SMARTS) is 1. The second-order valence-electron chi connectivity index (χ2n) is 4.15. The van der Waals surface area contributed by atoms with Gasteiger partial charge in [-0.15, -0.1) is 0 Å². The monoisotopic (exact) mass is 291 g/mol. The van der Waals surface area contributed by atoms with Crippen LogP contribution < -0.4 is 5.32 Å². The quantitative estimate of drug-likeness (QED) is 0.592. The summed E-state index contributed by atoms with van der Waals surface area (Å²) in [5.41, 5.74) is 1.29. The van der Waals surface area contributed by atoms with Crippen LogP contribution in [0.2, 0.25) is 0 Å². The van der Waals surface area contributed by atoms with Crippen molar-refractivity contribution in [2.45, 2.75) is 19.8 Å². The van der Waals surface area contributed by atoms with Crippen LogP contribution in [0.5, 0.6) is 0 Å². The van der Waals surface area contributed by atoms with E-state index in [4.69, 9.17) is 9.84 Å². The van der Waals surface area contributed by atoms with Gasteiger partial charge in [0.05, 0.1) is 13.0 Å². The number of ether oxygens (including phenoxy) is 1. The zero-order valence-corrected chi connectivity index (χ0v) is 11.7. The molecule has 21 heavy (non-hydrogen) atoms. The molecule has 112 valence electrons. The summed E-state index contributed by atoms with van der Waals surface area (Å²) in [6.07, 6.45) is 2.58. The van der Waals surface area contributed by atoms with Crippen LogP contribution in [-0.4, -0.2) is 29.6 Å². The first-order valence-corrected chi connectivity index (χ1v) is 6.48. The Morgan fingerprint density at radius 1 is 1.19 bits per heavy atom. The van der Waals surface area contributed by atoms with Crippen LogP contribution in [0.3, 0.4) is 0 Å². The van der Waals surface area contributed by atoms with Gasteiger partial charge in [0.25, 0.3) is 0 Å². The lowest BCUT2D eigenvalue weighted by Crippen LogP contribution is -2.14. The van der Waals surface area contributed by atoms with Crippen molar-refractivity contribution in [1.29, 1.82) is 0 Å². The minimum Gasteiger partial charge on any atom is -0.478 e. The minimum absolute atomic E-state index is 0.0408. The second-order valence-corrected chi connectivity index (χ2v) is 4.15. The van der Waals surface area contributed by atoms with Gasteiger partial charge in [0.15, 0.2) is 0 Å². The number of anilines is 1. The molecule has 0 aliphatic carbocycles. The molecule has 0 aliphatic heterocycles. The van der Waals surface area contributed by atoms with E-state index >= 15 is 0 Å². The molecule has 1 aromatic rings. The Morgan fingerprint density at radius 2 is 1.86 bits per heavy atom. The number of aliphatic carboxylic acids is 1. The number of nitrogens with one attached hydrogen (secondary N) is 1. The smallest absolute Gasteiger partial charge is 0.328 e. The van der Waals surface area contributed by atoms with Crippen LogP contribution in [0, 0.1) is 0 Å². The molecule has 0 aromatic heterocycles. The van der Waals surface area contributed by atoms with Crippen LogP contribution in [0.1, 0.15) is 25.3 Å². The van der Waals surface area contributed by atoms with Crippen LogP contribution in [0.15, 0.2) is 30.3 Å². The van der Waals surface area contributed by atoms with E-state index in [1.165, 1.54) is 6.08 Å². The van der Waals surface area contributed by atoms with Gasteiger partial charge in [-0.3, -0.25) is 9.59 Å². The summed E-state index contributed by atoms with van der Waals surface area (Å²) in [4.78, 5) is 33.1. The van der Waals surface area contributed by atoms with Gasteiger partial charge in [-0.25, -0.2) is 4.79 Å². The molecule has 2 N–H and O–H groups in total. The molecule has 0 saturated heterocycles. The average Bonchev–Trinajstić information content (AvgIpc) is 2.45. The summed E-state index contributed by atoms with van der Waals surface area (Å²) in [5.74, 6) is -1.70. The summed E-state index contributed by atoms with van der Waals surface area (Å²) in [6, 6.07) is 6.67. The SMILES string of the molecule is CCOC(=O)CCC(=O)Nc1ccc(/C=C/C(=O)O)cc1. The number of amides is 1. The van der Waals surface area contributed by atoms with E-state index in [1.807, 2.05) is 0 Å². The van der Waals surface area contributed by atoms with Crippen LogP contribution in [-0.2, 0) is 19.1 Å². The number of carbonyl (C=O) groups is 3. The van der Waals surface area contributed by atoms with Crippen molar-refractivity contribution < 1.29 is 24.2 Å². The maximum absolute atomic E-state index is 11.6. The molecular formula is C15H17NO5. The third-order valence-corrected chi connectivity index (χ3v) is 2.47. The van der Waals surface area contributed by atoms with E-state index in [0.29, 0.717) is 17.9 Å². The molecule has 0 saturated carbocycles. The number of hydrogen-bond acceptors (Lipinski definition) is 4. The maximum Gasteiger partial charge on any atom is 0.328 e. The topological polar surface area (TPSA) is 92.7 Å². The van der Waals surface area contributed by atoms with E-state index in [1.54, 1.807) is 31.2 Å². The Kier molecular flexibility index (Phi) is 6.67. The third-order valence-electron chi connectivity index (χ3n) is 2.47. The lowest BCUT2D eigenvalue weighted by molar-refractivity contribution is -0.144. The Morgan fingerprint density at radius 3 is 2.43 bits per heavy atom. The van der Waals surface area contributed by atoms with Crippen LogP contribution in [0.25, 0.3) is 6.08 Å². The average molecular weight is 291 g/mol. The molecule has 0 aliphatic rings. The molecular weight excluding hydrogens is 274 g/mol. The molecule has 1 rings (SSSR count). The van der Waals surface area contributed by atoms with Crippen molar-refractivity contribution in [3.63, 3.8) is 0 Å². The Hall–Kier alpha value is -2.63. The summed E-state index contributed by atoms with van der Waals surface area (Å²) in [7, 11) is 0. The fourth-order valence-electron chi connectivity index (χ4n) is 1.52. The molecule has 6 heteroatoms. The summed E-state index contributed by atoms with van der Waals surface area (Å²) < 4.78 is 4.73. The summed E-state index contributed by atoms with van der Waals surface area (Å²) in [5, 5.41) is 11.2. The molecule has 1 aromatic carbocycles. The Bertz CT molecular complexity index is 533. The van der Waals surface area contributed by atoms with Gasteiger partial charge in [-0.05, 0) is 30.7 Å². The predicted molar refractivity (Wildman–Crippen MR) is 77.6 cm³/mol. The number of carbonyl (C=O) groups excluding carboxylic acids is 2. The van der Waals surface area contributed by atoms with Crippen molar-refractivity contribution in [1.82, 2.24) is 0 Å². The molecule has 1 amide bonds. The highest BCUT2D eigenvalue weighted by molar-refractivity contribution is 5.92. The van der Waals surface area contributed by atoms with Crippen LogP contribution >= 0.6 is 0 Å². The maximum atomic E-state index is 11.6. The highest BCUT2D eigenvalue weighted by atomic mass is 16.5. The summed E-state index contributed by atoms with van der Waals surface area (Å²) in [6.45, 7) is 2.00. The van der Waals surface area contributed by atoms with Crippen molar-refractivity contribution in [3.05, 3.63) is 35.9 Å². The lowest BCUT2D eigenvalue weighted by atomic mass is 10.2. The van der Waals surface area contributed by atoms with Gasteiger partial charge in [0.1, 0.15) is 0 Å². The van der Waals surface area contributed by atoms with Crippen molar-refractivity contribution in [2.24, 2.45) is 0 Å². The first-order valence-electron chi connectivity index (χ1n) is 6.48. The number of carboxylic acids is 1. The predicted octanol–water partition coefficient (Wildman–Crippen LogP) is 2.07. The van der Waals surface area contributed by atoms with E-state index in [0.717, 1.165) is 6.08 Å². The van der Waals surface area contributed by atoms with E-state index in [2.05, 4.69) is 5.32 Å². The van der Waals surface area contributed by atoms with Gasteiger partial charge in [0.2, 0.25) is 5.91 Å². The molecule has 0 atom stereocenters. The zero-order chi connectivity index (χ0) is 15.7. The molecule has 0 fully saturated rings. The van der Waals surface area contributed by atoms with Gasteiger partial charge < -0.3 is 15.2 Å². The summed E-state index contributed by atoms with van der Waals surface area (Å²) >= 11 is 0. The van der Waals surface area contributed by atoms with Gasteiger partial charge in [0, 0.05) is 18.2 Å². The number of rotatable bonds is 7. The highest BCUT2D eigenvalue weighted by Gasteiger charge is 2.07. The second kappa shape index (κ2) is 8.52. The molecule has 0 spiro atoms. The minimum atomic E-state index is -1.02. The standard InChI is InChI=1S/C15H17NO5/c1-2-21-15(20)10-8-13(17)16-12-6-3-11(4-7-12)5-9-14(18)19/h3-7,9H,2,8,10H2,1H3,(H,16,17)(H,18,19)/b9-5+. The highest BCUT2D eigenvalue weighted by Crippen LogP contribution is 2.11. The molecule has 0 heterocycles. The lowest BCUT2D eigenvalue weighted by Gasteiger charge is -2.05. The largest absolute Gasteiger partial charge is 0.478 e. The van der Waals surface area contributed by atoms with Crippen molar-refractivity contribution in [3.8, 4) is 0 Å². The Labute approximate surface area is 122 Å². The molecule has 6 nitrogen and oxygen atoms in total. The van der Waals surface area contributed by atoms with E-state index in [-0.39, 0.29) is 18.7 Å². The third kappa shape index (κ3) is 6.91. The molecule has 0 radical (unpaired) electrons. The first-order chi connectivity index (χ1) is 10.0. The zero-order valence-electron chi connectivity index (χ0n) is 11.7. The van der Waals surface area contributed by atoms with E-state index < -0.39 is 11.9 Å². The van der Waals surface area contributed by atoms with Gasteiger partial charge >= 0.3 is 11.9 Å².